The van der Waals surface area contributed by atoms with E-state index in [2.05, 4.69) is 19.8 Å². The van der Waals surface area contributed by atoms with Gasteiger partial charge in [0.15, 0.2) is 0 Å². The summed E-state index contributed by atoms with van der Waals surface area (Å²) >= 11 is 0. The van der Waals surface area contributed by atoms with Gasteiger partial charge in [-0.15, -0.1) is 0 Å². The van der Waals surface area contributed by atoms with Crippen LogP contribution in [0.3, 0.4) is 0 Å². The second-order valence-corrected chi connectivity index (χ2v) is 8.74. The number of fused-ring (bicyclic) bond motifs is 2. The molecule has 1 atom stereocenters. The number of piperidine rings is 1. The fourth-order valence-electron chi connectivity index (χ4n) is 5.39. The minimum absolute atomic E-state index is 0.0375. The number of carbonyl (C=O) groups is 2. The molecular weight excluding hydrogens is 342 g/mol. The van der Waals surface area contributed by atoms with Crippen molar-refractivity contribution >= 4 is 11.8 Å². The van der Waals surface area contributed by atoms with Gasteiger partial charge in [-0.3, -0.25) is 14.5 Å². The number of nitrogens with zero attached hydrogens (tertiary/aromatic N) is 4. The Morgan fingerprint density at radius 3 is 2.56 bits per heavy atom. The molecule has 3 aliphatic heterocycles. The number of hydrogen-bond acceptors (Lipinski definition) is 4. The first-order chi connectivity index (χ1) is 13.1. The summed E-state index contributed by atoms with van der Waals surface area (Å²) in [5, 5.41) is 0. The first-order valence-corrected chi connectivity index (χ1v) is 10.4. The number of imidazole rings is 1. The average Bonchev–Trinajstić information content (AvgIpc) is 3.26. The molecule has 1 aromatic rings. The fraction of sp³-hybridized carbons (Fsp3) is 0.750. The molecule has 1 aliphatic carbocycles. The molecule has 7 heteroatoms. The summed E-state index contributed by atoms with van der Waals surface area (Å²) < 4.78 is 0. The third-order valence-corrected chi connectivity index (χ3v) is 7.16. The third-order valence-electron chi connectivity index (χ3n) is 7.16. The Balaban J connectivity index is 1.38. The van der Waals surface area contributed by atoms with Crippen molar-refractivity contribution in [3.05, 3.63) is 17.7 Å². The fourth-order valence-corrected chi connectivity index (χ4v) is 5.39. The SMILES string of the molecule is CN1CCCC1C(=O)N1CCC2(CC1)c1nc[nH]c1CCN2C(=O)C1CC1. The normalized spacial score (nSPS) is 27.8. The second-order valence-electron chi connectivity index (χ2n) is 8.74. The first-order valence-electron chi connectivity index (χ1n) is 10.4. The van der Waals surface area contributed by atoms with Crippen LogP contribution in [0, 0.1) is 5.92 Å². The molecule has 0 bridgehead atoms. The number of H-pyrrole nitrogens is 1. The number of likely N-dealkylation sites (tertiary alicyclic amines) is 2. The molecule has 0 radical (unpaired) electrons. The van der Waals surface area contributed by atoms with Crippen LogP contribution in [0.1, 0.15) is 49.9 Å². The van der Waals surface area contributed by atoms with E-state index in [-0.39, 0.29) is 23.4 Å². The zero-order valence-corrected chi connectivity index (χ0v) is 16.1. The van der Waals surface area contributed by atoms with Gasteiger partial charge in [0.1, 0.15) is 0 Å². The van der Waals surface area contributed by atoms with Crippen LogP contribution < -0.4 is 0 Å². The zero-order valence-electron chi connectivity index (χ0n) is 16.1. The van der Waals surface area contributed by atoms with E-state index in [4.69, 9.17) is 0 Å². The Morgan fingerprint density at radius 1 is 1.11 bits per heavy atom. The molecule has 4 heterocycles. The van der Waals surface area contributed by atoms with E-state index in [1.807, 2.05) is 11.9 Å². The van der Waals surface area contributed by atoms with Crippen molar-refractivity contribution in [3.63, 3.8) is 0 Å². The maximum Gasteiger partial charge on any atom is 0.239 e. The lowest BCUT2D eigenvalue weighted by atomic mass is 9.78. The molecule has 27 heavy (non-hydrogen) atoms. The van der Waals surface area contributed by atoms with E-state index in [1.54, 1.807) is 6.33 Å². The average molecular weight is 371 g/mol. The predicted molar refractivity (Wildman–Crippen MR) is 99.9 cm³/mol. The summed E-state index contributed by atoms with van der Waals surface area (Å²) in [6, 6.07) is 0.0375. The van der Waals surface area contributed by atoms with E-state index in [0.717, 1.165) is 63.7 Å². The molecule has 1 unspecified atom stereocenters. The van der Waals surface area contributed by atoms with E-state index < -0.39 is 0 Å². The van der Waals surface area contributed by atoms with Crippen LogP contribution in [0.4, 0.5) is 0 Å². The number of likely N-dealkylation sites (N-methyl/N-ethyl adjacent to an activating group) is 1. The first kappa shape index (κ1) is 17.2. The van der Waals surface area contributed by atoms with Crippen molar-refractivity contribution in [2.75, 3.05) is 33.2 Å². The van der Waals surface area contributed by atoms with Gasteiger partial charge >= 0.3 is 0 Å². The highest BCUT2D eigenvalue weighted by molar-refractivity contribution is 5.83. The van der Waals surface area contributed by atoms with Crippen molar-refractivity contribution in [3.8, 4) is 0 Å². The lowest BCUT2D eigenvalue weighted by molar-refractivity contribution is -0.146. The van der Waals surface area contributed by atoms with Crippen LogP contribution in [0.5, 0.6) is 0 Å². The van der Waals surface area contributed by atoms with Crippen LogP contribution >= 0.6 is 0 Å². The molecule has 0 aromatic carbocycles. The van der Waals surface area contributed by atoms with Crippen molar-refractivity contribution in [1.29, 1.82) is 0 Å². The lowest BCUT2D eigenvalue weighted by Gasteiger charge is -2.51. The van der Waals surface area contributed by atoms with Crippen molar-refractivity contribution in [2.45, 2.75) is 56.5 Å². The van der Waals surface area contributed by atoms with Gasteiger partial charge in [0.25, 0.3) is 0 Å². The van der Waals surface area contributed by atoms with Crippen LogP contribution in [-0.4, -0.2) is 75.8 Å². The number of carbonyl (C=O) groups excluding carboxylic acids is 2. The Bertz CT molecular complexity index is 747. The topological polar surface area (TPSA) is 72.5 Å². The van der Waals surface area contributed by atoms with Crippen molar-refractivity contribution in [2.24, 2.45) is 5.92 Å². The maximum atomic E-state index is 13.0. The molecule has 2 amide bonds. The highest BCUT2D eigenvalue weighted by atomic mass is 16.2. The van der Waals surface area contributed by atoms with Crippen molar-refractivity contribution < 1.29 is 9.59 Å². The standard InChI is InChI=1S/C20H29N5O2/c1-23-9-2-3-16(23)19(27)24-11-7-20(8-12-24)17-15(21-13-22-17)6-10-25(20)18(26)14-4-5-14/h13-14,16H,2-12H2,1H3,(H,21,22). The smallest absolute Gasteiger partial charge is 0.239 e. The van der Waals surface area contributed by atoms with E-state index >= 15 is 0 Å². The molecule has 146 valence electrons. The number of amides is 2. The van der Waals surface area contributed by atoms with Gasteiger partial charge < -0.3 is 14.8 Å². The number of hydrogen-bond donors (Lipinski definition) is 1. The Kier molecular flexibility index (Phi) is 4.04. The van der Waals surface area contributed by atoms with Crippen LogP contribution in [0.2, 0.25) is 0 Å². The maximum absolute atomic E-state index is 13.0. The summed E-state index contributed by atoms with van der Waals surface area (Å²) in [4.78, 5) is 40.3. The van der Waals surface area contributed by atoms with Crippen LogP contribution in [0.15, 0.2) is 6.33 Å². The monoisotopic (exact) mass is 371 g/mol. The Labute approximate surface area is 160 Å². The molecule has 5 rings (SSSR count). The van der Waals surface area contributed by atoms with Gasteiger partial charge in [-0.05, 0) is 52.1 Å². The summed E-state index contributed by atoms with van der Waals surface area (Å²) in [6.45, 7) is 3.20. The molecule has 1 aromatic heterocycles. The number of nitrogens with one attached hydrogen (secondary N) is 1. The van der Waals surface area contributed by atoms with Crippen molar-refractivity contribution in [1.82, 2.24) is 24.7 Å². The molecule has 3 fully saturated rings. The molecule has 7 nitrogen and oxygen atoms in total. The summed E-state index contributed by atoms with van der Waals surface area (Å²) in [6.07, 6.45) is 8.33. The molecule has 1 N–H and O–H groups in total. The number of aromatic nitrogens is 2. The predicted octanol–water partition coefficient (Wildman–Crippen LogP) is 1.12. The van der Waals surface area contributed by atoms with Gasteiger partial charge in [-0.2, -0.15) is 0 Å². The summed E-state index contributed by atoms with van der Waals surface area (Å²) in [5.74, 6) is 0.788. The minimum Gasteiger partial charge on any atom is -0.348 e. The van der Waals surface area contributed by atoms with E-state index in [9.17, 15) is 9.59 Å². The molecular formula is C20H29N5O2. The third kappa shape index (κ3) is 2.70. The number of aromatic amines is 1. The summed E-state index contributed by atoms with van der Waals surface area (Å²) in [5.41, 5.74) is 1.89. The van der Waals surface area contributed by atoms with E-state index in [0.29, 0.717) is 19.0 Å². The van der Waals surface area contributed by atoms with Gasteiger partial charge in [-0.1, -0.05) is 0 Å². The largest absolute Gasteiger partial charge is 0.348 e. The minimum atomic E-state index is -0.328. The molecule has 1 saturated carbocycles. The van der Waals surface area contributed by atoms with Crippen LogP contribution in [-0.2, 0) is 21.5 Å². The molecule has 1 spiro atoms. The van der Waals surface area contributed by atoms with Gasteiger partial charge in [0.05, 0.1) is 23.6 Å². The van der Waals surface area contributed by atoms with Gasteiger partial charge in [-0.25, -0.2) is 4.98 Å². The number of rotatable bonds is 2. The Morgan fingerprint density at radius 2 is 1.89 bits per heavy atom. The van der Waals surface area contributed by atoms with Crippen LogP contribution in [0.25, 0.3) is 0 Å². The lowest BCUT2D eigenvalue weighted by Crippen LogP contribution is -2.60. The summed E-state index contributed by atoms with van der Waals surface area (Å²) in [7, 11) is 2.05. The molecule has 2 saturated heterocycles. The van der Waals surface area contributed by atoms with Gasteiger partial charge in [0.2, 0.25) is 11.8 Å². The quantitative estimate of drug-likeness (QED) is 0.846. The highest BCUT2D eigenvalue weighted by Gasteiger charge is 2.51. The van der Waals surface area contributed by atoms with Gasteiger partial charge in [0, 0.05) is 37.7 Å². The second kappa shape index (κ2) is 6.33. The highest BCUT2D eigenvalue weighted by Crippen LogP contribution is 2.45. The zero-order chi connectivity index (χ0) is 18.6. The Hall–Kier alpha value is -1.89. The molecule has 4 aliphatic rings. The van der Waals surface area contributed by atoms with E-state index in [1.165, 1.54) is 5.69 Å².